The highest BCUT2D eigenvalue weighted by atomic mass is 127. The van der Waals surface area contributed by atoms with E-state index in [1.54, 1.807) is 21.3 Å². The normalized spacial score (nSPS) is 11.0. The van der Waals surface area contributed by atoms with Crippen LogP contribution in [0.2, 0.25) is 0 Å². The molecule has 0 bridgehead atoms. The second kappa shape index (κ2) is 10.7. The van der Waals surface area contributed by atoms with Gasteiger partial charge in [0.2, 0.25) is 0 Å². The van der Waals surface area contributed by atoms with Crippen LogP contribution in [0.15, 0.2) is 21.6 Å². The minimum Gasteiger partial charge on any atom is -0.493 e. The smallest absolute Gasteiger partial charge is 0.191 e. The van der Waals surface area contributed by atoms with Crippen LogP contribution in [0.1, 0.15) is 22.5 Å². The Kier molecular flexibility index (Phi) is 9.37. The minimum absolute atomic E-state index is 0. The summed E-state index contributed by atoms with van der Waals surface area (Å²) in [6.45, 7) is 5.33. The van der Waals surface area contributed by atoms with Gasteiger partial charge in [-0.15, -0.1) is 24.0 Å². The molecule has 0 aliphatic carbocycles. The zero-order valence-electron chi connectivity index (χ0n) is 16.5. The highest BCUT2D eigenvalue weighted by Gasteiger charge is 2.12. The third kappa shape index (κ3) is 5.74. The molecule has 0 amide bonds. The van der Waals surface area contributed by atoms with Gasteiger partial charge in [-0.3, -0.25) is 9.67 Å². The first-order chi connectivity index (χ1) is 12.4. The predicted octanol–water partition coefficient (Wildman–Crippen LogP) is 3.30. The lowest BCUT2D eigenvalue weighted by Crippen LogP contribution is -2.36. The first kappa shape index (κ1) is 23.5. The topological polar surface area (TPSA) is 72.7 Å². The van der Waals surface area contributed by atoms with Gasteiger partial charge in [0.1, 0.15) is 0 Å². The number of nitrogens with one attached hydrogen (secondary N) is 2. The van der Waals surface area contributed by atoms with E-state index in [-0.39, 0.29) is 24.0 Å². The highest BCUT2D eigenvalue weighted by molar-refractivity contribution is 14.0. The summed E-state index contributed by atoms with van der Waals surface area (Å²) >= 11 is 3.57. The van der Waals surface area contributed by atoms with Crippen LogP contribution in [0, 0.1) is 13.8 Å². The second-order valence-corrected chi connectivity index (χ2v) is 6.71. The van der Waals surface area contributed by atoms with Crippen molar-refractivity contribution in [2.24, 2.45) is 12.0 Å². The van der Waals surface area contributed by atoms with Crippen LogP contribution in [-0.2, 0) is 20.1 Å². The maximum atomic E-state index is 5.37. The van der Waals surface area contributed by atoms with Crippen molar-refractivity contribution in [3.05, 3.63) is 39.1 Å². The van der Waals surface area contributed by atoms with Gasteiger partial charge in [0.05, 0.1) is 19.9 Å². The minimum atomic E-state index is 0. The van der Waals surface area contributed by atoms with Crippen LogP contribution in [-0.4, -0.2) is 37.0 Å². The van der Waals surface area contributed by atoms with Crippen molar-refractivity contribution < 1.29 is 9.47 Å². The molecule has 0 atom stereocenters. The van der Waals surface area contributed by atoms with Crippen LogP contribution in [0.5, 0.6) is 11.5 Å². The molecular formula is C18H27BrIN5O2. The largest absolute Gasteiger partial charge is 0.493 e. The molecule has 27 heavy (non-hydrogen) atoms. The molecule has 0 spiro atoms. The molecule has 0 saturated heterocycles. The van der Waals surface area contributed by atoms with E-state index in [0.717, 1.165) is 21.4 Å². The SMILES string of the molecule is CN=C(NCc1cc(OC)c(OC)cc1Br)NCc1c(C)nn(C)c1C.I. The Hall–Kier alpha value is -1.49. The Morgan fingerprint density at radius 2 is 1.74 bits per heavy atom. The van der Waals surface area contributed by atoms with Crippen LogP contribution in [0.25, 0.3) is 0 Å². The van der Waals surface area contributed by atoms with Gasteiger partial charge in [0.15, 0.2) is 17.5 Å². The van der Waals surface area contributed by atoms with Crippen LogP contribution < -0.4 is 20.1 Å². The molecule has 0 aliphatic heterocycles. The molecule has 0 fully saturated rings. The van der Waals surface area contributed by atoms with Crippen molar-refractivity contribution in [2.45, 2.75) is 26.9 Å². The number of nitrogens with zero attached hydrogens (tertiary/aromatic N) is 3. The molecule has 2 N–H and O–H groups in total. The van der Waals surface area contributed by atoms with Crippen molar-refractivity contribution in [1.82, 2.24) is 20.4 Å². The average Bonchev–Trinajstić information content (AvgIpc) is 2.88. The van der Waals surface area contributed by atoms with E-state index in [9.17, 15) is 0 Å². The Labute approximate surface area is 186 Å². The van der Waals surface area contributed by atoms with Crippen molar-refractivity contribution >= 4 is 45.9 Å². The standard InChI is InChI=1S/C18H26BrN5O2.HI/c1-11-14(12(2)24(4)23-11)10-22-18(20-3)21-9-13-7-16(25-5)17(26-6)8-15(13)19;/h7-8H,9-10H2,1-6H3,(H2,20,21,22);1H. The van der Waals surface area contributed by atoms with Gasteiger partial charge < -0.3 is 20.1 Å². The predicted molar refractivity (Wildman–Crippen MR) is 122 cm³/mol. The molecule has 0 saturated carbocycles. The lowest BCUT2D eigenvalue weighted by atomic mass is 10.2. The summed E-state index contributed by atoms with van der Waals surface area (Å²) in [5.74, 6) is 2.10. The van der Waals surface area contributed by atoms with Gasteiger partial charge in [0.25, 0.3) is 0 Å². The molecular weight excluding hydrogens is 525 g/mol. The van der Waals surface area contributed by atoms with Gasteiger partial charge in [-0.1, -0.05) is 15.9 Å². The van der Waals surface area contributed by atoms with Gasteiger partial charge in [-0.2, -0.15) is 5.10 Å². The zero-order valence-corrected chi connectivity index (χ0v) is 20.4. The van der Waals surface area contributed by atoms with Crippen LogP contribution in [0.4, 0.5) is 0 Å². The van der Waals surface area contributed by atoms with Gasteiger partial charge in [-0.25, -0.2) is 0 Å². The van der Waals surface area contributed by atoms with Crippen LogP contribution in [0.3, 0.4) is 0 Å². The monoisotopic (exact) mass is 551 g/mol. The number of ether oxygens (including phenoxy) is 2. The number of guanidine groups is 1. The first-order valence-corrected chi connectivity index (χ1v) is 9.04. The third-order valence-electron chi connectivity index (χ3n) is 4.31. The van der Waals surface area contributed by atoms with E-state index in [1.165, 1.54) is 5.56 Å². The molecule has 2 rings (SSSR count). The molecule has 1 aromatic heterocycles. The van der Waals surface area contributed by atoms with E-state index < -0.39 is 0 Å². The summed E-state index contributed by atoms with van der Waals surface area (Å²) in [5, 5.41) is 11.1. The second-order valence-electron chi connectivity index (χ2n) is 5.85. The number of halogens is 2. The number of hydrogen-bond donors (Lipinski definition) is 2. The number of benzene rings is 1. The molecule has 1 heterocycles. The highest BCUT2D eigenvalue weighted by Crippen LogP contribution is 2.33. The maximum absolute atomic E-state index is 5.37. The number of aromatic nitrogens is 2. The lowest BCUT2D eigenvalue weighted by molar-refractivity contribution is 0.354. The Balaban J connectivity index is 0.00000364. The molecule has 0 radical (unpaired) electrons. The fourth-order valence-electron chi connectivity index (χ4n) is 2.68. The Morgan fingerprint density at radius 3 is 2.26 bits per heavy atom. The summed E-state index contributed by atoms with van der Waals surface area (Å²) < 4.78 is 13.5. The fraction of sp³-hybridized carbons (Fsp3) is 0.444. The van der Waals surface area contributed by atoms with Gasteiger partial charge >= 0.3 is 0 Å². The van der Waals surface area contributed by atoms with Gasteiger partial charge in [-0.05, 0) is 31.5 Å². The quantitative estimate of drug-likeness (QED) is 0.327. The Morgan fingerprint density at radius 1 is 1.15 bits per heavy atom. The number of methoxy groups -OCH3 is 2. The maximum Gasteiger partial charge on any atom is 0.191 e. The fourth-order valence-corrected chi connectivity index (χ4v) is 3.14. The number of rotatable bonds is 6. The summed E-state index contributed by atoms with van der Waals surface area (Å²) in [4.78, 5) is 4.29. The van der Waals surface area contributed by atoms with E-state index >= 15 is 0 Å². The third-order valence-corrected chi connectivity index (χ3v) is 5.05. The molecule has 0 aliphatic rings. The molecule has 9 heteroatoms. The van der Waals surface area contributed by atoms with E-state index in [0.29, 0.717) is 30.5 Å². The van der Waals surface area contributed by atoms with Crippen molar-refractivity contribution in [2.75, 3.05) is 21.3 Å². The summed E-state index contributed by atoms with van der Waals surface area (Å²) in [6.07, 6.45) is 0. The molecule has 1 aromatic carbocycles. The van der Waals surface area contributed by atoms with E-state index in [4.69, 9.17) is 9.47 Å². The molecule has 150 valence electrons. The van der Waals surface area contributed by atoms with E-state index in [2.05, 4.69) is 43.6 Å². The molecule has 7 nitrogen and oxygen atoms in total. The Bertz CT molecular complexity index is 808. The van der Waals surface area contributed by atoms with Crippen LogP contribution >= 0.6 is 39.9 Å². The number of aryl methyl sites for hydroxylation is 2. The lowest BCUT2D eigenvalue weighted by Gasteiger charge is -2.15. The van der Waals surface area contributed by atoms with Crippen molar-refractivity contribution in [3.63, 3.8) is 0 Å². The average molecular weight is 552 g/mol. The number of hydrogen-bond acceptors (Lipinski definition) is 4. The van der Waals surface area contributed by atoms with Gasteiger partial charge in [0, 0.05) is 42.9 Å². The van der Waals surface area contributed by atoms with Crippen molar-refractivity contribution in [3.8, 4) is 11.5 Å². The summed E-state index contributed by atoms with van der Waals surface area (Å²) in [5.41, 5.74) is 4.39. The van der Waals surface area contributed by atoms with Crippen molar-refractivity contribution in [1.29, 1.82) is 0 Å². The van der Waals surface area contributed by atoms with E-state index in [1.807, 2.05) is 30.8 Å². The summed E-state index contributed by atoms with van der Waals surface area (Å²) in [7, 11) is 6.95. The number of aliphatic imine (C=N–C) groups is 1. The molecule has 0 unspecified atom stereocenters. The first-order valence-electron chi connectivity index (χ1n) is 8.25. The summed E-state index contributed by atoms with van der Waals surface area (Å²) in [6, 6.07) is 3.84. The zero-order chi connectivity index (χ0) is 19.3. The molecule has 2 aromatic rings.